The van der Waals surface area contributed by atoms with Gasteiger partial charge in [-0.15, -0.1) is 0 Å². The molecular formula is C16H24N2O3. The minimum atomic E-state index is -0.799. The monoisotopic (exact) mass is 292 g/mol. The van der Waals surface area contributed by atoms with Gasteiger partial charge in [-0.3, -0.25) is 4.79 Å². The number of amides is 1. The van der Waals surface area contributed by atoms with E-state index in [4.69, 9.17) is 10.5 Å². The average Bonchev–Trinajstić information content (AvgIpc) is 2.50. The van der Waals surface area contributed by atoms with Crippen molar-refractivity contribution in [2.45, 2.75) is 45.1 Å². The number of fused-ring (bicyclic) bond motifs is 1. The number of benzene rings is 1. The lowest BCUT2D eigenvalue weighted by atomic mass is 9.92. The number of phenols is 1. The minimum absolute atomic E-state index is 0.0254. The Morgan fingerprint density at radius 3 is 2.62 bits per heavy atom. The van der Waals surface area contributed by atoms with Crippen molar-refractivity contribution in [2.75, 3.05) is 18.0 Å². The summed E-state index contributed by atoms with van der Waals surface area (Å²) in [4.78, 5) is 14.6. The maximum absolute atomic E-state index is 12.9. The fraction of sp³-hybridized carbons (Fsp3) is 0.562. The van der Waals surface area contributed by atoms with E-state index < -0.39 is 5.60 Å². The third-order valence-corrected chi connectivity index (χ3v) is 4.15. The summed E-state index contributed by atoms with van der Waals surface area (Å²) in [6, 6.07) is 4.90. The Morgan fingerprint density at radius 2 is 2.00 bits per heavy atom. The maximum Gasteiger partial charge on any atom is 0.271 e. The number of ether oxygens (including phenoxy) is 1. The normalized spacial score (nSPS) is 16.5. The molecule has 3 N–H and O–H groups in total. The van der Waals surface area contributed by atoms with Gasteiger partial charge < -0.3 is 20.5 Å². The molecule has 1 aromatic rings. The van der Waals surface area contributed by atoms with Crippen LogP contribution in [0.2, 0.25) is 0 Å². The minimum Gasteiger partial charge on any atom is -0.508 e. The van der Waals surface area contributed by atoms with Crippen LogP contribution in [0, 0.1) is 0 Å². The van der Waals surface area contributed by atoms with E-state index in [2.05, 4.69) is 0 Å². The quantitative estimate of drug-likeness (QED) is 0.789. The van der Waals surface area contributed by atoms with Crippen molar-refractivity contribution in [1.82, 2.24) is 0 Å². The van der Waals surface area contributed by atoms with Gasteiger partial charge in [0.1, 0.15) is 11.5 Å². The average molecular weight is 292 g/mol. The molecule has 0 saturated heterocycles. The molecule has 1 heterocycles. The summed E-state index contributed by atoms with van der Waals surface area (Å²) >= 11 is 0. The maximum atomic E-state index is 12.9. The SMILES string of the molecule is CCC1(CC)Oc2ccc(O)cc2N(CCCCN)C1=O. The molecule has 1 aliphatic rings. The number of unbranched alkanes of at least 4 members (excludes halogenated alkanes) is 1. The summed E-state index contributed by atoms with van der Waals surface area (Å²) in [6.07, 6.45) is 2.94. The van der Waals surface area contributed by atoms with E-state index in [-0.39, 0.29) is 11.7 Å². The van der Waals surface area contributed by atoms with E-state index in [9.17, 15) is 9.90 Å². The molecule has 1 aliphatic heterocycles. The Hall–Kier alpha value is -1.75. The number of carbonyl (C=O) groups is 1. The van der Waals surface area contributed by atoms with Gasteiger partial charge in [0, 0.05) is 12.6 Å². The molecule has 2 rings (SSSR count). The van der Waals surface area contributed by atoms with Gasteiger partial charge in [0.25, 0.3) is 5.91 Å². The summed E-state index contributed by atoms with van der Waals surface area (Å²) in [7, 11) is 0. The third-order valence-electron chi connectivity index (χ3n) is 4.15. The van der Waals surface area contributed by atoms with Crippen LogP contribution in [0.3, 0.4) is 0 Å². The Bertz CT molecular complexity index is 512. The first-order valence-corrected chi connectivity index (χ1v) is 7.62. The Balaban J connectivity index is 2.39. The molecule has 0 bridgehead atoms. The molecule has 0 aromatic heterocycles. The highest BCUT2D eigenvalue weighted by Gasteiger charge is 2.45. The second-order valence-electron chi connectivity index (χ2n) is 5.41. The van der Waals surface area contributed by atoms with Crippen molar-refractivity contribution in [3.63, 3.8) is 0 Å². The number of nitrogens with two attached hydrogens (primary N) is 1. The number of phenolic OH excluding ortho intramolecular Hbond substituents is 1. The van der Waals surface area contributed by atoms with Gasteiger partial charge in [0.15, 0.2) is 5.60 Å². The van der Waals surface area contributed by atoms with Crippen LogP contribution in [0.4, 0.5) is 5.69 Å². The van der Waals surface area contributed by atoms with Gasteiger partial charge in [-0.1, -0.05) is 13.8 Å². The molecule has 5 heteroatoms. The summed E-state index contributed by atoms with van der Waals surface area (Å²) in [5.41, 5.74) is 5.38. The van der Waals surface area contributed by atoms with E-state index >= 15 is 0 Å². The Labute approximate surface area is 125 Å². The molecule has 0 fully saturated rings. The van der Waals surface area contributed by atoms with Crippen LogP contribution >= 0.6 is 0 Å². The highest BCUT2D eigenvalue weighted by Crippen LogP contribution is 2.42. The van der Waals surface area contributed by atoms with Crippen molar-refractivity contribution >= 4 is 11.6 Å². The van der Waals surface area contributed by atoms with Crippen LogP contribution < -0.4 is 15.4 Å². The molecule has 0 spiro atoms. The molecule has 5 nitrogen and oxygen atoms in total. The number of hydrogen-bond donors (Lipinski definition) is 2. The highest BCUT2D eigenvalue weighted by molar-refractivity contribution is 6.03. The van der Waals surface area contributed by atoms with Gasteiger partial charge in [0.05, 0.1) is 5.69 Å². The number of hydrogen-bond acceptors (Lipinski definition) is 4. The predicted octanol–water partition coefficient (Wildman–Crippen LogP) is 2.42. The fourth-order valence-corrected chi connectivity index (χ4v) is 2.75. The molecule has 0 aliphatic carbocycles. The molecule has 0 atom stereocenters. The van der Waals surface area contributed by atoms with Gasteiger partial charge in [-0.25, -0.2) is 0 Å². The lowest BCUT2D eigenvalue weighted by Crippen LogP contribution is -2.55. The largest absolute Gasteiger partial charge is 0.508 e. The summed E-state index contributed by atoms with van der Waals surface area (Å²) < 4.78 is 5.99. The van der Waals surface area contributed by atoms with Crippen molar-refractivity contribution in [3.05, 3.63) is 18.2 Å². The van der Waals surface area contributed by atoms with Gasteiger partial charge >= 0.3 is 0 Å². The lowest BCUT2D eigenvalue weighted by molar-refractivity contribution is -0.136. The zero-order valence-corrected chi connectivity index (χ0v) is 12.8. The van der Waals surface area contributed by atoms with Crippen molar-refractivity contribution in [2.24, 2.45) is 5.73 Å². The number of rotatable bonds is 6. The zero-order chi connectivity index (χ0) is 15.5. The molecule has 116 valence electrons. The first-order valence-electron chi connectivity index (χ1n) is 7.62. The molecule has 1 aromatic carbocycles. The Kier molecular flexibility index (Phi) is 4.73. The lowest BCUT2D eigenvalue weighted by Gasteiger charge is -2.42. The smallest absolute Gasteiger partial charge is 0.271 e. The van der Waals surface area contributed by atoms with Gasteiger partial charge in [-0.2, -0.15) is 0 Å². The van der Waals surface area contributed by atoms with E-state index in [1.165, 1.54) is 0 Å². The molecule has 1 amide bonds. The fourth-order valence-electron chi connectivity index (χ4n) is 2.75. The van der Waals surface area contributed by atoms with Crippen LogP contribution in [0.5, 0.6) is 11.5 Å². The molecular weight excluding hydrogens is 268 g/mol. The van der Waals surface area contributed by atoms with Gasteiger partial charge in [-0.05, 0) is 44.4 Å². The second-order valence-corrected chi connectivity index (χ2v) is 5.41. The molecule has 21 heavy (non-hydrogen) atoms. The van der Waals surface area contributed by atoms with Crippen LogP contribution in [-0.2, 0) is 4.79 Å². The van der Waals surface area contributed by atoms with Crippen LogP contribution in [-0.4, -0.2) is 29.7 Å². The number of carbonyl (C=O) groups excluding carboxylic acids is 1. The van der Waals surface area contributed by atoms with E-state index in [1.54, 1.807) is 23.1 Å². The first kappa shape index (κ1) is 15.6. The zero-order valence-electron chi connectivity index (χ0n) is 12.8. The van der Waals surface area contributed by atoms with E-state index in [0.29, 0.717) is 37.4 Å². The summed E-state index contributed by atoms with van der Waals surface area (Å²) in [5, 5.41) is 9.69. The number of nitrogens with zero attached hydrogens (tertiary/aromatic N) is 1. The third kappa shape index (κ3) is 2.83. The number of aromatic hydroxyl groups is 1. The van der Waals surface area contributed by atoms with Crippen molar-refractivity contribution < 1.29 is 14.6 Å². The van der Waals surface area contributed by atoms with Crippen molar-refractivity contribution in [3.8, 4) is 11.5 Å². The first-order chi connectivity index (χ1) is 10.1. The molecule has 0 unspecified atom stereocenters. The summed E-state index contributed by atoms with van der Waals surface area (Å²) in [6.45, 7) is 5.13. The topological polar surface area (TPSA) is 75.8 Å². The number of anilines is 1. The van der Waals surface area contributed by atoms with E-state index in [1.807, 2.05) is 13.8 Å². The second kappa shape index (κ2) is 6.35. The summed E-state index contributed by atoms with van der Waals surface area (Å²) in [5.74, 6) is 0.765. The molecule has 0 radical (unpaired) electrons. The van der Waals surface area contributed by atoms with E-state index in [0.717, 1.165) is 12.8 Å². The van der Waals surface area contributed by atoms with Crippen molar-refractivity contribution in [1.29, 1.82) is 0 Å². The molecule has 0 saturated carbocycles. The van der Waals surface area contributed by atoms with Crippen LogP contribution in [0.25, 0.3) is 0 Å². The van der Waals surface area contributed by atoms with Crippen LogP contribution in [0.15, 0.2) is 18.2 Å². The van der Waals surface area contributed by atoms with Crippen LogP contribution in [0.1, 0.15) is 39.5 Å². The van der Waals surface area contributed by atoms with Gasteiger partial charge in [0.2, 0.25) is 0 Å². The predicted molar refractivity (Wildman–Crippen MR) is 82.7 cm³/mol. The standard InChI is InChI=1S/C16H24N2O3/c1-3-16(4-2)15(20)18(10-6-5-9-17)13-11-12(19)7-8-14(13)21-16/h7-8,11,19H,3-6,9-10,17H2,1-2H3. The highest BCUT2D eigenvalue weighted by atomic mass is 16.5. The Morgan fingerprint density at radius 1 is 1.29 bits per heavy atom.